The number of hydrogen-bond acceptors (Lipinski definition) is 5. The summed E-state index contributed by atoms with van der Waals surface area (Å²) in [7, 11) is 0. The fourth-order valence-corrected chi connectivity index (χ4v) is 5.61. The van der Waals surface area contributed by atoms with Crippen LogP contribution in [0.5, 0.6) is 5.75 Å². The molecule has 2 N–H and O–H groups in total. The first-order chi connectivity index (χ1) is 19.0. The number of likely N-dealkylation sites (tertiary alicyclic amines) is 1. The van der Waals surface area contributed by atoms with Crippen LogP contribution in [-0.2, 0) is 20.8 Å². The first kappa shape index (κ1) is 28.6. The molecule has 3 amide bonds. The Morgan fingerprint density at radius 3 is 2.38 bits per heavy atom. The van der Waals surface area contributed by atoms with E-state index >= 15 is 0 Å². The maximum absolute atomic E-state index is 13.5. The van der Waals surface area contributed by atoms with E-state index in [2.05, 4.69) is 46.7 Å². The Bertz CT molecular complexity index is 1070. The Labute approximate surface area is 232 Å². The fourth-order valence-electron chi connectivity index (χ4n) is 5.61. The molecule has 1 atom stereocenters. The monoisotopic (exact) mass is 534 g/mol. The van der Waals surface area contributed by atoms with Crippen molar-refractivity contribution >= 4 is 17.7 Å². The van der Waals surface area contributed by atoms with Crippen molar-refractivity contribution in [2.45, 2.75) is 63.5 Å². The number of carbonyl (C=O) groups is 3. The van der Waals surface area contributed by atoms with Gasteiger partial charge in [0.1, 0.15) is 17.3 Å². The number of rotatable bonds is 13. The van der Waals surface area contributed by atoms with Gasteiger partial charge in [-0.25, -0.2) is 0 Å². The molecule has 8 nitrogen and oxygen atoms in total. The third-order valence-electron chi connectivity index (χ3n) is 7.85. The number of carbonyl (C=O) groups excluding carboxylic acids is 3. The van der Waals surface area contributed by atoms with Crippen LogP contribution in [0.2, 0.25) is 0 Å². The van der Waals surface area contributed by atoms with Crippen molar-refractivity contribution in [2.24, 2.45) is 0 Å². The third-order valence-corrected chi connectivity index (χ3v) is 7.85. The van der Waals surface area contributed by atoms with E-state index in [9.17, 15) is 14.4 Å². The second-order valence-electron chi connectivity index (χ2n) is 10.6. The quantitative estimate of drug-likeness (QED) is 0.385. The number of amides is 3. The van der Waals surface area contributed by atoms with E-state index in [0.29, 0.717) is 38.1 Å². The van der Waals surface area contributed by atoms with Gasteiger partial charge >= 0.3 is 0 Å². The van der Waals surface area contributed by atoms with Crippen molar-refractivity contribution in [1.82, 2.24) is 20.4 Å². The summed E-state index contributed by atoms with van der Waals surface area (Å²) in [6, 6.07) is 19.2. The molecule has 2 fully saturated rings. The summed E-state index contributed by atoms with van der Waals surface area (Å²) in [5, 5.41) is 5.93. The highest BCUT2D eigenvalue weighted by Gasteiger charge is 2.52. The van der Waals surface area contributed by atoms with Crippen LogP contribution < -0.4 is 15.4 Å². The molecular weight excluding hydrogens is 492 g/mol. The summed E-state index contributed by atoms with van der Waals surface area (Å²) >= 11 is 0. The number of benzene rings is 2. The Kier molecular flexibility index (Phi) is 10.4. The van der Waals surface area contributed by atoms with Gasteiger partial charge in [-0.2, -0.15) is 0 Å². The zero-order chi connectivity index (χ0) is 27.5. The normalized spacial score (nSPS) is 19.1. The molecule has 2 aromatic carbocycles. The number of piperidine rings is 1. The van der Waals surface area contributed by atoms with Crippen molar-refractivity contribution in [3.8, 4) is 5.75 Å². The molecule has 0 radical (unpaired) electrons. The van der Waals surface area contributed by atoms with Gasteiger partial charge in [-0.3, -0.25) is 14.4 Å². The van der Waals surface area contributed by atoms with Gasteiger partial charge in [0.05, 0.1) is 0 Å². The summed E-state index contributed by atoms with van der Waals surface area (Å²) in [6.07, 6.45) is 5.18. The third kappa shape index (κ3) is 7.60. The Balaban J connectivity index is 1.21. The molecular formula is C31H42N4O4. The molecule has 0 aliphatic carbocycles. The van der Waals surface area contributed by atoms with E-state index in [0.717, 1.165) is 45.3 Å². The molecule has 0 bridgehead atoms. The van der Waals surface area contributed by atoms with Crippen LogP contribution in [0.15, 0.2) is 60.7 Å². The molecule has 0 saturated carbocycles. The number of nitrogens with one attached hydrogen (secondary N) is 2. The second kappa shape index (κ2) is 14.1. The predicted octanol–water partition coefficient (Wildman–Crippen LogP) is 3.17. The van der Waals surface area contributed by atoms with Gasteiger partial charge in [-0.1, -0.05) is 55.5 Å². The summed E-state index contributed by atoms with van der Waals surface area (Å²) < 4.78 is 5.46. The van der Waals surface area contributed by atoms with Crippen LogP contribution in [0.25, 0.3) is 0 Å². The number of ether oxygens (including phenoxy) is 1. The number of piperazine rings is 1. The van der Waals surface area contributed by atoms with Crippen LogP contribution in [0.1, 0.15) is 51.0 Å². The summed E-state index contributed by atoms with van der Waals surface area (Å²) in [4.78, 5) is 43.3. The molecule has 0 unspecified atom stereocenters. The van der Waals surface area contributed by atoms with Gasteiger partial charge in [0.15, 0.2) is 6.61 Å². The molecule has 8 heteroatoms. The Morgan fingerprint density at radius 2 is 1.69 bits per heavy atom. The molecule has 2 aliphatic heterocycles. The van der Waals surface area contributed by atoms with E-state index in [1.807, 2.05) is 41.3 Å². The minimum atomic E-state index is -0.737. The van der Waals surface area contributed by atoms with Crippen molar-refractivity contribution in [3.63, 3.8) is 0 Å². The minimum absolute atomic E-state index is 0.00498. The molecule has 39 heavy (non-hydrogen) atoms. The van der Waals surface area contributed by atoms with Gasteiger partial charge in [-0.05, 0) is 62.6 Å². The molecule has 2 heterocycles. The molecule has 2 saturated heterocycles. The van der Waals surface area contributed by atoms with Crippen LogP contribution in [0.4, 0.5) is 0 Å². The fraction of sp³-hybridized carbons (Fsp3) is 0.516. The van der Waals surface area contributed by atoms with E-state index in [-0.39, 0.29) is 24.3 Å². The lowest BCUT2D eigenvalue weighted by Crippen LogP contribution is -2.72. The van der Waals surface area contributed by atoms with Crippen molar-refractivity contribution in [3.05, 3.63) is 66.2 Å². The average molecular weight is 535 g/mol. The standard InChI is InChI=1S/C31H42N4O4/c1-2-20-35-29(37)27(15-9-10-19-32-28(36)24-39-26-13-7-4-8-14-26)33-30(38)31(35)17-22-34(23-18-31)21-16-25-11-5-3-6-12-25/h3-8,11-14,27H,2,9-10,15-24H2,1H3,(H,32,36)(H,33,38)/t27-/m0/s1. The van der Waals surface area contributed by atoms with Crippen LogP contribution in [0.3, 0.4) is 0 Å². The Hall–Kier alpha value is -3.39. The lowest BCUT2D eigenvalue weighted by molar-refractivity contribution is -0.161. The highest BCUT2D eigenvalue weighted by Crippen LogP contribution is 2.34. The van der Waals surface area contributed by atoms with Crippen molar-refractivity contribution in [2.75, 3.05) is 39.3 Å². The molecule has 210 valence electrons. The van der Waals surface area contributed by atoms with Gasteiger partial charge < -0.3 is 25.2 Å². The number of para-hydroxylation sites is 1. The van der Waals surface area contributed by atoms with Crippen LogP contribution in [-0.4, -0.2) is 78.4 Å². The highest BCUT2D eigenvalue weighted by molar-refractivity contribution is 6.00. The van der Waals surface area contributed by atoms with Crippen LogP contribution in [0, 0.1) is 0 Å². The van der Waals surface area contributed by atoms with Gasteiger partial charge in [0.2, 0.25) is 11.8 Å². The van der Waals surface area contributed by atoms with E-state index in [4.69, 9.17) is 4.74 Å². The zero-order valence-electron chi connectivity index (χ0n) is 23.1. The average Bonchev–Trinajstić information content (AvgIpc) is 2.97. The SMILES string of the molecule is CCCN1C(=O)[C@H](CCCCNC(=O)COc2ccccc2)NC(=O)C12CCN(CCc1ccccc1)CC2. The zero-order valence-corrected chi connectivity index (χ0v) is 23.1. The van der Waals surface area contributed by atoms with Crippen LogP contribution >= 0.6 is 0 Å². The summed E-state index contributed by atoms with van der Waals surface area (Å²) in [6.45, 7) is 5.72. The van der Waals surface area contributed by atoms with Crippen molar-refractivity contribution in [1.29, 1.82) is 0 Å². The Morgan fingerprint density at radius 1 is 1.00 bits per heavy atom. The molecule has 1 spiro atoms. The smallest absolute Gasteiger partial charge is 0.257 e. The van der Waals surface area contributed by atoms with E-state index < -0.39 is 11.6 Å². The predicted molar refractivity (Wildman–Crippen MR) is 151 cm³/mol. The topological polar surface area (TPSA) is 91.0 Å². The maximum atomic E-state index is 13.5. The minimum Gasteiger partial charge on any atom is -0.484 e. The molecule has 4 rings (SSSR count). The number of hydrogen-bond donors (Lipinski definition) is 2. The molecule has 2 aromatic rings. The van der Waals surface area contributed by atoms with Crippen molar-refractivity contribution < 1.29 is 19.1 Å². The van der Waals surface area contributed by atoms with E-state index in [1.54, 1.807) is 0 Å². The first-order valence-electron chi connectivity index (χ1n) is 14.3. The van der Waals surface area contributed by atoms with E-state index in [1.165, 1.54) is 5.56 Å². The largest absolute Gasteiger partial charge is 0.484 e. The maximum Gasteiger partial charge on any atom is 0.257 e. The second-order valence-corrected chi connectivity index (χ2v) is 10.6. The summed E-state index contributed by atoms with van der Waals surface area (Å²) in [5.74, 6) is 0.516. The molecule has 0 aromatic heterocycles. The lowest BCUT2D eigenvalue weighted by atomic mass is 9.81. The van der Waals surface area contributed by atoms with Gasteiger partial charge in [0, 0.05) is 32.7 Å². The van der Waals surface area contributed by atoms with Gasteiger partial charge in [-0.15, -0.1) is 0 Å². The summed E-state index contributed by atoms with van der Waals surface area (Å²) in [5.41, 5.74) is 0.582. The first-order valence-corrected chi connectivity index (χ1v) is 14.3. The lowest BCUT2D eigenvalue weighted by Gasteiger charge is -2.51. The highest BCUT2D eigenvalue weighted by atomic mass is 16.5. The van der Waals surface area contributed by atoms with Gasteiger partial charge in [0.25, 0.3) is 5.91 Å². The number of nitrogens with zero attached hydrogens (tertiary/aromatic N) is 2. The molecule has 2 aliphatic rings. The number of unbranched alkanes of at least 4 members (excludes halogenated alkanes) is 1.